The highest BCUT2D eigenvalue weighted by atomic mass is 35.5. The second-order valence-electron chi connectivity index (χ2n) is 6.01. The Labute approximate surface area is 141 Å². The summed E-state index contributed by atoms with van der Waals surface area (Å²) < 4.78 is 0. The minimum atomic E-state index is 0.831. The van der Waals surface area contributed by atoms with Crippen molar-refractivity contribution in [2.45, 2.75) is 84.5 Å². The Morgan fingerprint density at radius 2 is 1.19 bits per heavy atom. The first-order valence-electron chi connectivity index (χ1n) is 8.65. The molecule has 1 aromatic carbocycles. The summed E-state index contributed by atoms with van der Waals surface area (Å²) in [4.78, 5) is 0. The van der Waals surface area contributed by atoms with Crippen molar-refractivity contribution in [2.75, 3.05) is 0 Å². The van der Waals surface area contributed by atoms with E-state index in [1.165, 1.54) is 62.5 Å². The molecule has 120 valence electrons. The van der Waals surface area contributed by atoms with Crippen LogP contribution in [0, 0.1) is 0 Å². The van der Waals surface area contributed by atoms with E-state index in [0.29, 0.717) is 0 Å². The van der Waals surface area contributed by atoms with Gasteiger partial charge in [-0.1, -0.05) is 88.4 Å². The van der Waals surface area contributed by atoms with Gasteiger partial charge < -0.3 is 0 Å². The fourth-order valence-electron chi connectivity index (χ4n) is 2.79. The maximum absolute atomic E-state index is 6.50. The minimum absolute atomic E-state index is 0.831. The molecule has 2 heteroatoms. The fourth-order valence-corrected chi connectivity index (χ4v) is 3.35. The van der Waals surface area contributed by atoms with Crippen molar-refractivity contribution in [3.05, 3.63) is 33.3 Å². The van der Waals surface area contributed by atoms with Crippen molar-refractivity contribution >= 4 is 23.2 Å². The maximum atomic E-state index is 6.50. The molecule has 0 atom stereocenters. The van der Waals surface area contributed by atoms with E-state index in [0.717, 1.165) is 29.3 Å². The zero-order chi connectivity index (χ0) is 15.5. The van der Waals surface area contributed by atoms with Gasteiger partial charge in [0.2, 0.25) is 0 Å². The van der Waals surface area contributed by atoms with Gasteiger partial charge in [-0.15, -0.1) is 0 Å². The van der Waals surface area contributed by atoms with E-state index in [-0.39, 0.29) is 0 Å². The van der Waals surface area contributed by atoms with Crippen LogP contribution in [0.5, 0.6) is 0 Å². The van der Waals surface area contributed by atoms with Gasteiger partial charge in [0.25, 0.3) is 0 Å². The number of hydrogen-bond acceptors (Lipinski definition) is 0. The van der Waals surface area contributed by atoms with Crippen molar-refractivity contribution in [1.29, 1.82) is 0 Å². The molecule has 0 saturated heterocycles. The van der Waals surface area contributed by atoms with E-state index in [1.54, 1.807) is 0 Å². The number of aryl methyl sites for hydroxylation is 2. The minimum Gasteiger partial charge on any atom is -0.0843 e. The lowest BCUT2D eigenvalue weighted by Gasteiger charge is -2.10. The lowest BCUT2D eigenvalue weighted by atomic mass is 10.0. The van der Waals surface area contributed by atoms with Crippen LogP contribution in [0.15, 0.2) is 12.1 Å². The van der Waals surface area contributed by atoms with Gasteiger partial charge in [0.1, 0.15) is 0 Å². The Balaban J connectivity index is 2.31. The zero-order valence-corrected chi connectivity index (χ0v) is 15.2. The van der Waals surface area contributed by atoms with Crippen LogP contribution in [-0.2, 0) is 12.8 Å². The third-order valence-corrected chi connectivity index (χ3v) is 4.71. The average molecular weight is 329 g/mol. The summed E-state index contributed by atoms with van der Waals surface area (Å²) in [5.74, 6) is 0. The Kier molecular flexibility index (Phi) is 10.2. The van der Waals surface area contributed by atoms with Crippen LogP contribution in [0.4, 0.5) is 0 Å². The Morgan fingerprint density at radius 1 is 0.667 bits per heavy atom. The summed E-state index contributed by atoms with van der Waals surface area (Å²) in [6.07, 6.45) is 14.0. The fraction of sp³-hybridized carbons (Fsp3) is 0.684. The molecule has 0 unspecified atom stereocenters. The van der Waals surface area contributed by atoms with E-state index < -0.39 is 0 Å². The lowest BCUT2D eigenvalue weighted by Crippen LogP contribution is -1.94. The Hall–Kier alpha value is -0.200. The highest BCUT2D eigenvalue weighted by molar-refractivity contribution is 6.34. The molecule has 0 radical (unpaired) electrons. The molecule has 0 saturated carbocycles. The maximum Gasteiger partial charge on any atom is 0.0471 e. The van der Waals surface area contributed by atoms with Gasteiger partial charge in [0, 0.05) is 10.0 Å². The first-order chi connectivity index (χ1) is 10.2. The van der Waals surface area contributed by atoms with Crippen LogP contribution in [0.2, 0.25) is 10.0 Å². The number of unbranched alkanes of at least 4 members (excludes halogenated alkanes) is 7. The standard InChI is InChI=1S/C19H30Cl2/c1-3-5-6-7-8-9-10-11-13-17-15-18(20)14-16(12-4-2)19(17)21/h14-15H,3-13H2,1-2H3. The molecule has 0 aliphatic rings. The molecular formula is C19H30Cl2. The van der Waals surface area contributed by atoms with Crippen LogP contribution in [0.25, 0.3) is 0 Å². The SMILES string of the molecule is CCCCCCCCCCc1cc(Cl)cc(CCC)c1Cl. The molecule has 0 nitrogen and oxygen atoms in total. The van der Waals surface area contributed by atoms with Gasteiger partial charge in [-0.05, 0) is 42.5 Å². The van der Waals surface area contributed by atoms with Crippen LogP contribution >= 0.6 is 23.2 Å². The Morgan fingerprint density at radius 3 is 1.76 bits per heavy atom. The summed E-state index contributed by atoms with van der Waals surface area (Å²) in [5, 5.41) is 1.78. The first kappa shape index (κ1) is 18.8. The summed E-state index contributed by atoms with van der Waals surface area (Å²) >= 11 is 12.7. The molecule has 0 N–H and O–H groups in total. The predicted octanol–water partition coefficient (Wildman–Crippen LogP) is 7.63. The molecule has 0 fully saturated rings. The zero-order valence-electron chi connectivity index (χ0n) is 13.7. The van der Waals surface area contributed by atoms with E-state index in [1.807, 2.05) is 12.1 Å². The van der Waals surface area contributed by atoms with Gasteiger partial charge in [0.15, 0.2) is 0 Å². The molecular weight excluding hydrogens is 299 g/mol. The summed E-state index contributed by atoms with van der Waals surface area (Å²) in [6, 6.07) is 4.06. The van der Waals surface area contributed by atoms with Gasteiger partial charge in [-0.2, -0.15) is 0 Å². The van der Waals surface area contributed by atoms with Crippen LogP contribution < -0.4 is 0 Å². The van der Waals surface area contributed by atoms with Crippen molar-refractivity contribution < 1.29 is 0 Å². The van der Waals surface area contributed by atoms with Crippen LogP contribution in [-0.4, -0.2) is 0 Å². The molecule has 0 bridgehead atoms. The van der Waals surface area contributed by atoms with Crippen LogP contribution in [0.3, 0.4) is 0 Å². The van der Waals surface area contributed by atoms with E-state index in [2.05, 4.69) is 13.8 Å². The third-order valence-electron chi connectivity index (χ3n) is 4.01. The smallest absolute Gasteiger partial charge is 0.0471 e. The number of rotatable bonds is 11. The topological polar surface area (TPSA) is 0 Å². The van der Waals surface area contributed by atoms with Crippen molar-refractivity contribution in [3.8, 4) is 0 Å². The van der Waals surface area contributed by atoms with Crippen LogP contribution in [0.1, 0.15) is 82.8 Å². The molecule has 0 aliphatic heterocycles. The predicted molar refractivity (Wildman–Crippen MR) is 96.8 cm³/mol. The third kappa shape index (κ3) is 7.56. The van der Waals surface area contributed by atoms with Gasteiger partial charge in [-0.25, -0.2) is 0 Å². The molecule has 0 heterocycles. The monoisotopic (exact) mass is 328 g/mol. The second-order valence-corrected chi connectivity index (χ2v) is 6.83. The molecule has 0 spiro atoms. The highest BCUT2D eigenvalue weighted by Crippen LogP contribution is 2.28. The molecule has 1 aromatic rings. The van der Waals surface area contributed by atoms with Crippen molar-refractivity contribution in [3.63, 3.8) is 0 Å². The summed E-state index contributed by atoms with van der Waals surface area (Å²) in [7, 11) is 0. The first-order valence-corrected chi connectivity index (χ1v) is 9.41. The van der Waals surface area contributed by atoms with Crippen molar-refractivity contribution in [2.24, 2.45) is 0 Å². The van der Waals surface area contributed by atoms with E-state index in [4.69, 9.17) is 23.2 Å². The Bertz CT molecular complexity index is 399. The normalized spacial score (nSPS) is 11.0. The van der Waals surface area contributed by atoms with Gasteiger partial charge >= 0.3 is 0 Å². The molecule has 21 heavy (non-hydrogen) atoms. The van der Waals surface area contributed by atoms with Crippen molar-refractivity contribution in [1.82, 2.24) is 0 Å². The number of benzene rings is 1. The summed E-state index contributed by atoms with van der Waals surface area (Å²) in [6.45, 7) is 4.44. The largest absolute Gasteiger partial charge is 0.0843 e. The van der Waals surface area contributed by atoms with Gasteiger partial charge in [0.05, 0.1) is 0 Å². The molecule has 1 rings (SSSR count). The molecule has 0 amide bonds. The number of halogens is 2. The highest BCUT2D eigenvalue weighted by Gasteiger charge is 2.08. The molecule has 0 aliphatic carbocycles. The molecule has 0 aromatic heterocycles. The number of hydrogen-bond donors (Lipinski definition) is 0. The van der Waals surface area contributed by atoms with E-state index in [9.17, 15) is 0 Å². The quantitative estimate of drug-likeness (QED) is 0.366. The lowest BCUT2D eigenvalue weighted by molar-refractivity contribution is 0.575. The average Bonchev–Trinajstić information content (AvgIpc) is 2.46. The summed E-state index contributed by atoms with van der Waals surface area (Å²) in [5.41, 5.74) is 2.44. The van der Waals surface area contributed by atoms with E-state index >= 15 is 0 Å². The van der Waals surface area contributed by atoms with Gasteiger partial charge in [-0.3, -0.25) is 0 Å². The second kappa shape index (κ2) is 11.4.